The van der Waals surface area contributed by atoms with Crippen LogP contribution >= 0.6 is 0 Å². The Hall–Kier alpha value is -3.57. The summed E-state index contributed by atoms with van der Waals surface area (Å²) in [5, 5.41) is 6.52. The van der Waals surface area contributed by atoms with Crippen LogP contribution in [0.4, 0.5) is 5.69 Å². The maximum Gasteiger partial charge on any atom is 0.254 e. The Morgan fingerprint density at radius 3 is 2.69 bits per heavy atom. The lowest BCUT2D eigenvalue weighted by Gasteiger charge is -2.38. The van der Waals surface area contributed by atoms with Crippen molar-refractivity contribution in [3.8, 4) is 0 Å². The van der Waals surface area contributed by atoms with Crippen LogP contribution in [-0.4, -0.2) is 41.7 Å². The number of carbonyl (C=O) groups is 1. The average molecular weight is 478 g/mol. The van der Waals surface area contributed by atoms with Crippen molar-refractivity contribution in [1.29, 1.82) is 0 Å². The number of aromatic nitrogens is 1. The molecule has 7 rings (SSSR count). The van der Waals surface area contributed by atoms with E-state index in [2.05, 4.69) is 83.6 Å². The summed E-state index contributed by atoms with van der Waals surface area (Å²) in [6.07, 6.45) is 5.71. The summed E-state index contributed by atoms with van der Waals surface area (Å²) >= 11 is 0. The maximum absolute atomic E-state index is 13.2. The van der Waals surface area contributed by atoms with Crippen molar-refractivity contribution in [2.24, 2.45) is 5.92 Å². The number of allylic oxidation sites excluding steroid dienone is 2. The lowest BCUT2D eigenvalue weighted by Crippen LogP contribution is -2.40. The molecule has 1 fully saturated rings. The van der Waals surface area contributed by atoms with Crippen LogP contribution in [-0.2, 0) is 11.3 Å². The second-order valence-corrected chi connectivity index (χ2v) is 10.2. The summed E-state index contributed by atoms with van der Waals surface area (Å²) in [6.45, 7) is 5.74. The third-order valence-electron chi connectivity index (χ3n) is 8.38. The molecule has 5 nitrogen and oxygen atoms in total. The minimum absolute atomic E-state index is 0.111. The summed E-state index contributed by atoms with van der Waals surface area (Å²) < 4.78 is 7.84. The predicted octanol–water partition coefficient (Wildman–Crippen LogP) is 6.11. The van der Waals surface area contributed by atoms with Crippen molar-refractivity contribution in [3.05, 3.63) is 89.5 Å². The van der Waals surface area contributed by atoms with Crippen LogP contribution in [0.3, 0.4) is 0 Å². The van der Waals surface area contributed by atoms with Crippen molar-refractivity contribution in [2.45, 2.75) is 31.8 Å². The van der Waals surface area contributed by atoms with Crippen LogP contribution in [0.2, 0.25) is 0 Å². The van der Waals surface area contributed by atoms with Crippen molar-refractivity contribution in [1.82, 2.24) is 9.47 Å². The highest BCUT2D eigenvalue weighted by Gasteiger charge is 2.38. The zero-order valence-corrected chi connectivity index (χ0v) is 20.6. The van der Waals surface area contributed by atoms with Gasteiger partial charge in [0.05, 0.1) is 19.3 Å². The molecule has 3 heterocycles. The van der Waals surface area contributed by atoms with E-state index in [1.807, 2.05) is 11.0 Å². The van der Waals surface area contributed by atoms with Gasteiger partial charge in [-0.1, -0.05) is 36.4 Å². The van der Waals surface area contributed by atoms with E-state index in [-0.39, 0.29) is 11.9 Å². The molecule has 1 saturated heterocycles. The molecular formula is C31H31N3O2. The number of carbonyl (C=O) groups excluding carboxylic acids is 1. The van der Waals surface area contributed by atoms with Gasteiger partial charge in [-0.25, -0.2) is 0 Å². The molecule has 3 aliphatic rings. The van der Waals surface area contributed by atoms with E-state index in [9.17, 15) is 4.79 Å². The first-order valence-corrected chi connectivity index (χ1v) is 13.2. The third kappa shape index (κ3) is 3.30. The summed E-state index contributed by atoms with van der Waals surface area (Å²) in [5.41, 5.74) is 7.09. The lowest BCUT2D eigenvalue weighted by atomic mass is 9.76. The van der Waals surface area contributed by atoms with Gasteiger partial charge in [-0.15, -0.1) is 0 Å². The largest absolute Gasteiger partial charge is 0.378 e. The van der Waals surface area contributed by atoms with Gasteiger partial charge in [-0.05, 0) is 66.8 Å². The number of fused-ring (bicyclic) bond motifs is 6. The van der Waals surface area contributed by atoms with Crippen molar-refractivity contribution in [3.63, 3.8) is 0 Å². The molecule has 3 atom stereocenters. The zero-order valence-electron chi connectivity index (χ0n) is 20.6. The van der Waals surface area contributed by atoms with Crippen LogP contribution in [0.25, 0.3) is 21.8 Å². The molecule has 1 N–H and O–H groups in total. The number of aryl methyl sites for hydroxylation is 1. The Bertz CT molecular complexity index is 1510. The third-order valence-corrected chi connectivity index (χ3v) is 8.38. The number of ether oxygens (including phenoxy) is 1. The highest BCUT2D eigenvalue weighted by molar-refractivity contribution is 6.08. The van der Waals surface area contributed by atoms with E-state index < -0.39 is 0 Å². The Labute approximate surface area is 211 Å². The molecule has 3 aromatic carbocycles. The number of rotatable bonds is 3. The molecule has 3 unspecified atom stereocenters. The summed E-state index contributed by atoms with van der Waals surface area (Å²) in [5.74, 6) is 0.860. The van der Waals surface area contributed by atoms with Crippen LogP contribution in [0.15, 0.2) is 72.8 Å². The van der Waals surface area contributed by atoms with Crippen LogP contribution in [0.1, 0.15) is 46.8 Å². The molecule has 0 saturated carbocycles. The normalized spacial score (nSPS) is 23.0. The number of anilines is 1. The van der Waals surface area contributed by atoms with Crippen LogP contribution in [0, 0.1) is 5.92 Å². The quantitative estimate of drug-likeness (QED) is 0.362. The van der Waals surface area contributed by atoms with Crippen molar-refractivity contribution in [2.75, 3.05) is 31.6 Å². The number of nitrogens with one attached hydrogen (secondary N) is 1. The Morgan fingerprint density at radius 2 is 1.83 bits per heavy atom. The molecule has 0 bridgehead atoms. The average Bonchev–Trinajstić information content (AvgIpc) is 3.55. The van der Waals surface area contributed by atoms with Gasteiger partial charge in [-0.2, -0.15) is 0 Å². The van der Waals surface area contributed by atoms with E-state index in [0.717, 1.165) is 24.2 Å². The van der Waals surface area contributed by atoms with Gasteiger partial charge < -0.3 is 19.5 Å². The number of hydrogen-bond acceptors (Lipinski definition) is 3. The summed E-state index contributed by atoms with van der Waals surface area (Å²) in [4.78, 5) is 15.1. The van der Waals surface area contributed by atoms with E-state index in [4.69, 9.17) is 4.74 Å². The molecule has 1 aliphatic carbocycles. The highest BCUT2D eigenvalue weighted by atomic mass is 16.5. The Balaban J connectivity index is 1.27. The first-order chi connectivity index (χ1) is 17.7. The van der Waals surface area contributed by atoms with Gasteiger partial charge >= 0.3 is 0 Å². The van der Waals surface area contributed by atoms with Gasteiger partial charge in [0.1, 0.15) is 0 Å². The smallest absolute Gasteiger partial charge is 0.254 e. The topological polar surface area (TPSA) is 46.5 Å². The Kier molecular flexibility index (Phi) is 5.14. The van der Waals surface area contributed by atoms with Crippen molar-refractivity contribution >= 4 is 33.4 Å². The fourth-order valence-corrected chi connectivity index (χ4v) is 6.61. The van der Waals surface area contributed by atoms with Gasteiger partial charge in [0.2, 0.25) is 0 Å². The molecule has 0 spiro atoms. The molecule has 4 aromatic rings. The number of benzene rings is 3. The molecule has 2 aliphatic heterocycles. The number of hydrogen-bond donors (Lipinski definition) is 1. The van der Waals surface area contributed by atoms with Crippen molar-refractivity contribution < 1.29 is 9.53 Å². The minimum Gasteiger partial charge on any atom is -0.378 e. The second-order valence-electron chi connectivity index (χ2n) is 10.2. The minimum atomic E-state index is 0.111. The predicted molar refractivity (Wildman–Crippen MR) is 145 cm³/mol. The van der Waals surface area contributed by atoms with E-state index >= 15 is 0 Å². The van der Waals surface area contributed by atoms with E-state index in [1.165, 1.54) is 32.9 Å². The SMILES string of the molecule is CCn1c2ccccc2c2cc(C3Nc4ccc(C(=O)N5CCOCC5)cc4C4C=CCC43)ccc21. The Morgan fingerprint density at radius 1 is 1.00 bits per heavy atom. The van der Waals surface area contributed by atoms with E-state index in [0.29, 0.717) is 38.1 Å². The summed E-state index contributed by atoms with van der Waals surface area (Å²) in [6, 6.07) is 22.2. The first-order valence-electron chi connectivity index (χ1n) is 13.2. The molecule has 0 radical (unpaired) electrons. The lowest BCUT2D eigenvalue weighted by molar-refractivity contribution is 0.0303. The fraction of sp³-hybridized carbons (Fsp3) is 0.323. The molecule has 1 amide bonds. The van der Waals surface area contributed by atoms with Gasteiger partial charge in [0.15, 0.2) is 0 Å². The number of morpholine rings is 1. The van der Waals surface area contributed by atoms with Crippen LogP contribution < -0.4 is 5.32 Å². The molecule has 5 heteroatoms. The van der Waals surface area contributed by atoms with E-state index in [1.54, 1.807) is 0 Å². The number of para-hydroxylation sites is 1. The number of nitrogens with zero attached hydrogens (tertiary/aromatic N) is 2. The second kappa shape index (κ2) is 8.52. The zero-order chi connectivity index (χ0) is 24.2. The van der Waals surface area contributed by atoms with Crippen LogP contribution in [0.5, 0.6) is 0 Å². The monoisotopic (exact) mass is 477 g/mol. The van der Waals surface area contributed by atoms with Gasteiger partial charge in [0, 0.05) is 58.6 Å². The first kappa shape index (κ1) is 21.7. The standard InChI is InChI=1S/C31H31N3O2/c1-2-34-28-9-4-3-6-23(28)26-18-20(11-13-29(26)34)30-24-8-5-7-22(24)25-19-21(10-12-27(25)32-30)31(35)33-14-16-36-17-15-33/h3-7,9-13,18-19,22,24,30,32H,2,8,14-17H2,1H3. The van der Waals surface area contributed by atoms with Gasteiger partial charge in [0.25, 0.3) is 5.91 Å². The number of amides is 1. The fourth-order valence-electron chi connectivity index (χ4n) is 6.61. The summed E-state index contributed by atoms with van der Waals surface area (Å²) in [7, 11) is 0. The maximum atomic E-state index is 13.2. The molecule has 182 valence electrons. The highest BCUT2D eigenvalue weighted by Crippen LogP contribution is 2.50. The van der Waals surface area contributed by atoms with Gasteiger partial charge in [-0.3, -0.25) is 4.79 Å². The molecule has 1 aromatic heterocycles. The molecule has 36 heavy (non-hydrogen) atoms. The molecular weight excluding hydrogens is 446 g/mol.